The van der Waals surface area contributed by atoms with Crippen LogP contribution in [0, 0.1) is 5.82 Å². The van der Waals surface area contributed by atoms with E-state index in [9.17, 15) is 17.6 Å². The average molecular weight is 378 g/mol. The zero-order valence-electron chi connectivity index (χ0n) is 14.0. The third kappa shape index (κ3) is 4.84. The molecular formula is C18H14F4N4O. The maximum Gasteiger partial charge on any atom is 0.573 e. The molecular weight excluding hydrogens is 364 g/mol. The van der Waals surface area contributed by atoms with Crippen molar-refractivity contribution in [1.82, 2.24) is 9.97 Å². The van der Waals surface area contributed by atoms with E-state index in [0.717, 1.165) is 0 Å². The zero-order valence-corrected chi connectivity index (χ0v) is 14.0. The van der Waals surface area contributed by atoms with Gasteiger partial charge in [-0.15, -0.1) is 13.2 Å². The van der Waals surface area contributed by atoms with Crippen LogP contribution in [-0.4, -0.2) is 23.4 Å². The highest BCUT2D eigenvalue weighted by Crippen LogP contribution is 2.29. The molecule has 2 aromatic carbocycles. The lowest BCUT2D eigenvalue weighted by Gasteiger charge is -2.12. The van der Waals surface area contributed by atoms with Crippen LogP contribution in [0.1, 0.15) is 0 Å². The molecule has 0 atom stereocenters. The Balaban J connectivity index is 1.96. The van der Waals surface area contributed by atoms with Crippen LogP contribution in [-0.2, 0) is 0 Å². The number of anilines is 3. The Labute approximate surface area is 152 Å². The van der Waals surface area contributed by atoms with Crippen LogP contribution in [0.15, 0.2) is 54.6 Å². The van der Waals surface area contributed by atoms with Crippen molar-refractivity contribution in [3.63, 3.8) is 0 Å². The molecule has 0 amide bonds. The van der Waals surface area contributed by atoms with E-state index in [0.29, 0.717) is 11.3 Å². The molecule has 3 aromatic rings. The molecule has 0 saturated carbocycles. The minimum absolute atomic E-state index is 0.207. The lowest BCUT2D eigenvalue weighted by molar-refractivity contribution is -0.274. The molecule has 1 aromatic heterocycles. The molecule has 2 N–H and O–H groups in total. The second-order valence-corrected chi connectivity index (χ2v) is 5.39. The van der Waals surface area contributed by atoms with Crippen LogP contribution in [0.4, 0.5) is 35.0 Å². The van der Waals surface area contributed by atoms with Crippen LogP contribution in [0.25, 0.3) is 11.3 Å². The fraction of sp³-hybridized carbons (Fsp3) is 0.111. The molecule has 9 heteroatoms. The fourth-order valence-corrected chi connectivity index (χ4v) is 2.32. The van der Waals surface area contributed by atoms with Crippen molar-refractivity contribution < 1.29 is 22.3 Å². The van der Waals surface area contributed by atoms with Gasteiger partial charge in [-0.3, -0.25) is 0 Å². The average Bonchev–Trinajstić information content (AvgIpc) is 2.62. The fourth-order valence-electron chi connectivity index (χ4n) is 2.32. The third-order valence-corrected chi connectivity index (χ3v) is 3.45. The first-order chi connectivity index (χ1) is 12.8. The lowest BCUT2D eigenvalue weighted by atomic mass is 10.1. The zero-order chi connectivity index (χ0) is 19.4. The summed E-state index contributed by atoms with van der Waals surface area (Å²) in [5.74, 6) is -0.345. The van der Waals surface area contributed by atoms with Crippen molar-refractivity contribution in [3.05, 3.63) is 60.4 Å². The van der Waals surface area contributed by atoms with Gasteiger partial charge in [0, 0.05) is 18.7 Å². The number of hydrogen-bond acceptors (Lipinski definition) is 5. The lowest BCUT2D eigenvalue weighted by Crippen LogP contribution is -2.17. The minimum atomic E-state index is -4.79. The standard InChI is InChI=1S/C18H14F4N4O/c1-23-17-25-15(11-5-4-6-12(9-11)27-18(20,21)22)10-16(26-17)24-14-8-3-2-7-13(14)19/h2-10H,1H3,(H2,23,24,25,26). The van der Waals surface area contributed by atoms with Gasteiger partial charge in [-0.25, -0.2) is 9.37 Å². The molecule has 0 fully saturated rings. The van der Waals surface area contributed by atoms with Gasteiger partial charge in [0.2, 0.25) is 5.95 Å². The molecule has 0 aliphatic rings. The Morgan fingerprint density at radius 3 is 2.44 bits per heavy atom. The largest absolute Gasteiger partial charge is 0.573 e. The van der Waals surface area contributed by atoms with Gasteiger partial charge in [0.1, 0.15) is 17.4 Å². The van der Waals surface area contributed by atoms with Crippen molar-refractivity contribution in [1.29, 1.82) is 0 Å². The van der Waals surface area contributed by atoms with Crippen LogP contribution in [0.3, 0.4) is 0 Å². The summed E-state index contributed by atoms with van der Waals surface area (Å²) in [7, 11) is 1.59. The van der Waals surface area contributed by atoms with E-state index in [4.69, 9.17) is 0 Å². The molecule has 0 bridgehead atoms. The third-order valence-electron chi connectivity index (χ3n) is 3.45. The van der Waals surface area contributed by atoms with Gasteiger partial charge >= 0.3 is 6.36 Å². The van der Waals surface area contributed by atoms with Crippen molar-refractivity contribution in [2.45, 2.75) is 6.36 Å². The summed E-state index contributed by atoms with van der Waals surface area (Å²) in [5.41, 5.74) is 0.923. The van der Waals surface area contributed by atoms with Gasteiger partial charge in [-0.1, -0.05) is 24.3 Å². The first kappa shape index (κ1) is 18.4. The van der Waals surface area contributed by atoms with Gasteiger partial charge in [-0.05, 0) is 24.3 Å². The number of alkyl halides is 3. The van der Waals surface area contributed by atoms with E-state index in [1.165, 1.54) is 36.4 Å². The topological polar surface area (TPSA) is 59.1 Å². The Hall–Kier alpha value is -3.36. The molecule has 1 heterocycles. The molecule has 5 nitrogen and oxygen atoms in total. The Morgan fingerprint density at radius 2 is 1.74 bits per heavy atom. The number of para-hydroxylation sites is 1. The van der Waals surface area contributed by atoms with Crippen LogP contribution < -0.4 is 15.4 Å². The number of halogens is 4. The van der Waals surface area contributed by atoms with E-state index in [1.54, 1.807) is 25.2 Å². The Bertz CT molecular complexity index is 947. The van der Waals surface area contributed by atoms with Gasteiger partial charge in [-0.2, -0.15) is 4.98 Å². The first-order valence-electron chi connectivity index (χ1n) is 7.78. The molecule has 0 radical (unpaired) electrons. The van der Waals surface area contributed by atoms with E-state index in [2.05, 4.69) is 25.3 Å². The number of ether oxygens (including phenoxy) is 1. The molecule has 27 heavy (non-hydrogen) atoms. The molecule has 0 unspecified atom stereocenters. The monoisotopic (exact) mass is 378 g/mol. The van der Waals surface area contributed by atoms with Crippen LogP contribution >= 0.6 is 0 Å². The summed E-state index contributed by atoms with van der Waals surface area (Å²) < 4.78 is 55.1. The Kier molecular flexibility index (Phi) is 5.11. The summed E-state index contributed by atoms with van der Waals surface area (Å²) in [6.07, 6.45) is -4.79. The summed E-state index contributed by atoms with van der Waals surface area (Å²) in [5, 5.41) is 5.60. The SMILES string of the molecule is CNc1nc(Nc2ccccc2F)cc(-c2cccc(OC(F)(F)F)c2)n1. The number of hydrogen-bond donors (Lipinski definition) is 2. The second kappa shape index (κ2) is 7.48. The summed E-state index contributed by atoms with van der Waals surface area (Å²) in [4.78, 5) is 8.42. The van der Waals surface area contributed by atoms with Crippen molar-refractivity contribution >= 4 is 17.5 Å². The van der Waals surface area contributed by atoms with E-state index in [1.807, 2.05) is 0 Å². The van der Waals surface area contributed by atoms with Crippen molar-refractivity contribution in [2.75, 3.05) is 17.7 Å². The highest BCUT2D eigenvalue weighted by molar-refractivity contribution is 5.68. The van der Waals surface area contributed by atoms with Gasteiger partial charge in [0.15, 0.2) is 0 Å². The molecule has 140 valence electrons. The first-order valence-corrected chi connectivity index (χ1v) is 7.78. The van der Waals surface area contributed by atoms with E-state index < -0.39 is 12.2 Å². The number of nitrogens with one attached hydrogen (secondary N) is 2. The van der Waals surface area contributed by atoms with E-state index in [-0.39, 0.29) is 23.2 Å². The summed E-state index contributed by atoms with van der Waals surface area (Å²) in [6.45, 7) is 0. The van der Waals surface area contributed by atoms with Crippen LogP contribution in [0.5, 0.6) is 5.75 Å². The number of aromatic nitrogens is 2. The maximum atomic E-state index is 13.8. The Morgan fingerprint density at radius 1 is 0.963 bits per heavy atom. The highest BCUT2D eigenvalue weighted by atomic mass is 19.4. The molecule has 3 rings (SSSR count). The summed E-state index contributed by atoms with van der Waals surface area (Å²) >= 11 is 0. The van der Waals surface area contributed by atoms with Crippen molar-refractivity contribution in [2.24, 2.45) is 0 Å². The van der Waals surface area contributed by atoms with Crippen LogP contribution in [0.2, 0.25) is 0 Å². The van der Waals surface area contributed by atoms with Crippen molar-refractivity contribution in [3.8, 4) is 17.0 Å². The quantitative estimate of drug-likeness (QED) is 0.614. The highest BCUT2D eigenvalue weighted by Gasteiger charge is 2.31. The minimum Gasteiger partial charge on any atom is -0.406 e. The smallest absolute Gasteiger partial charge is 0.406 e. The van der Waals surface area contributed by atoms with Gasteiger partial charge < -0.3 is 15.4 Å². The number of rotatable bonds is 5. The molecule has 0 aliphatic heterocycles. The molecule has 0 saturated heterocycles. The number of nitrogens with zero attached hydrogens (tertiary/aromatic N) is 2. The molecule has 0 spiro atoms. The predicted octanol–water partition coefficient (Wildman–Crippen LogP) is 4.97. The van der Waals surface area contributed by atoms with E-state index >= 15 is 0 Å². The van der Waals surface area contributed by atoms with Gasteiger partial charge in [0.05, 0.1) is 11.4 Å². The normalized spacial score (nSPS) is 11.1. The van der Waals surface area contributed by atoms with Gasteiger partial charge in [0.25, 0.3) is 0 Å². The summed E-state index contributed by atoms with van der Waals surface area (Å²) in [6, 6.07) is 12.9. The number of benzene rings is 2. The predicted molar refractivity (Wildman–Crippen MR) is 93.4 cm³/mol. The second-order valence-electron chi connectivity index (χ2n) is 5.39. The molecule has 0 aliphatic carbocycles. The maximum absolute atomic E-state index is 13.8.